The maximum atomic E-state index is 5.96. The van der Waals surface area contributed by atoms with E-state index in [0.717, 1.165) is 31.6 Å². The summed E-state index contributed by atoms with van der Waals surface area (Å²) in [4.78, 5) is 0. The van der Waals surface area contributed by atoms with E-state index >= 15 is 0 Å². The summed E-state index contributed by atoms with van der Waals surface area (Å²) in [5.41, 5.74) is 8.29. The van der Waals surface area contributed by atoms with E-state index in [1.165, 1.54) is 5.56 Å². The molecule has 0 amide bonds. The van der Waals surface area contributed by atoms with Gasteiger partial charge in [-0.05, 0) is 71.2 Å². The maximum absolute atomic E-state index is 5.96. The van der Waals surface area contributed by atoms with Gasteiger partial charge in [0.15, 0.2) is 0 Å². The summed E-state index contributed by atoms with van der Waals surface area (Å²) in [6.45, 7) is 10.1. The molecule has 1 heterocycles. The Kier molecular flexibility index (Phi) is 5.03. The molecule has 0 bridgehead atoms. The summed E-state index contributed by atoms with van der Waals surface area (Å²) in [7, 11) is 1.65. The van der Waals surface area contributed by atoms with Crippen LogP contribution in [0.4, 0.5) is 5.69 Å². The van der Waals surface area contributed by atoms with Crippen LogP contribution < -0.4 is 21.1 Å². The lowest BCUT2D eigenvalue weighted by atomic mass is 9.79. The van der Waals surface area contributed by atoms with Gasteiger partial charge in [-0.2, -0.15) is 0 Å². The van der Waals surface area contributed by atoms with Crippen molar-refractivity contribution in [3.63, 3.8) is 0 Å². The highest BCUT2D eigenvalue weighted by atomic mass is 16.5. The fraction of sp³-hybridized carbons (Fsp3) is 0.667. The number of rotatable bonds is 5. The van der Waals surface area contributed by atoms with Crippen LogP contribution in [0.5, 0.6) is 5.75 Å². The third-order valence-corrected chi connectivity index (χ3v) is 4.33. The molecule has 0 aliphatic carbocycles. The number of benzene rings is 1. The number of nitrogens with two attached hydrogens (primary N) is 1. The van der Waals surface area contributed by atoms with Crippen molar-refractivity contribution in [2.45, 2.75) is 64.1 Å². The van der Waals surface area contributed by atoms with Gasteiger partial charge < -0.3 is 21.1 Å². The Balaban J connectivity index is 1.87. The second-order valence-electron chi connectivity index (χ2n) is 7.78. The van der Waals surface area contributed by atoms with Gasteiger partial charge in [-0.1, -0.05) is 6.07 Å². The second kappa shape index (κ2) is 6.47. The van der Waals surface area contributed by atoms with E-state index in [2.05, 4.69) is 44.4 Å². The van der Waals surface area contributed by atoms with Crippen molar-refractivity contribution in [1.29, 1.82) is 0 Å². The normalized spacial score (nSPS) is 20.8. The summed E-state index contributed by atoms with van der Waals surface area (Å²) >= 11 is 0. The van der Waals surface area contributed by atoms with Gasteiger partial charge in [0.05, 0.1) is 12.8 Å². The first-order chi connectivity index (χ1) is 10.2. The number of nitrogens with one attached hydrogen (secondary N) is 2. The molecule has 0 atom stereocenters. The van der Waals surface area contributed by atoms with E-state index in [1.54, 1.807) is 7.11 Å². The lowest BCUT2D eigenvalue weighted by Crippen LogP contribution is -2.61. The summed E-state index contributed by atoms with van der Waals surface area (Å²) in [6.07, 6.45) is 3.29. The van der Waals surface area contributed by atoms with Gasteiger partial charge in [0, 0.05) is 17.1 Å². The van der Waals surface area contributed by atoms with Crippen LogP contribution in [0.1, 0.15) is 46.1 Å². The van der Waals surface area contributed by atoms with Gasteiger partial charge in [-0.3, -0.25) is 0 Å². The predicted molar refractivity (Wildman–Crippen MR) is 93.4 cm³/mol. The van der Waals surface area contributed by atoms with Crippen molar-refractivity contribution in [2.24, 2.45) is 0 Å². The molecule has 1 aliphatic rings. The Labute approximate surface area is 134 Å². The van der Waals surface area contributed by atoms with Crippen LogP contribution in [0.15, 0.2) is 18.2 Å². The van der Waals surface area contributed by atoms with Gasteiger partial charge >= 0.3 is 0 Å². The molecule has 1 aromatic carbocycles. The Morgan fingerprint density at radius 3 is 2.41 bits per heavy atom. The van der Waals surface area contributed by atoms with E-state index in [-0.39, 0.29) is 11.1 Å². The van der Waals surface area contributed by atoms with Crippen LogP contribution in [-0.4, -0.2) is 30.8 Å². The second-order valence-corrected chi connectivity index (χ2v) is 7.78. The van der Waals surface area contributed by atoms with Crippen molar-refractivity contribution in [3.8, 4) is 5.75 Å². The number of piperidine rings is 1. The minimum absolute atomic E-state index is 0.184. The number of methoxy groups -OCH3 is 1. The fourth-order valence-electron chi connectivity index (χ4n) is 3.83. The topological polar surface area (TPSA) is 59.3 Å². The zero-order chi connectivity index (χ0) is 16.4. The quantitative estimate of drug-likeness (QED) is 0.732. The Hall–Kier alpha value is -1.26. The molecule has 4 heteroatoms. The van der Waals surface area contributed by atoms with E-state index in [9.17, 15) is 0 Å². The zero-order valence-corrected chi connectivity index (χ0v) is 14.6. The summed E-state index contributed by atoms with van der Waals surface area (Å²) < 4.78 is 5.20. The molecule has 4 nitrogen and oxygen atoms in total. The molecule has 0 saturated carbocycles. The van der Waals surface area contributed by atoms with E-state index in [0.29, 0.717) is 11.7 Å². The highest BCUT2D eigenvalue weighted by molar-refractivity contribution is 5.54. The first-order valence-corrected chi connectivity index (χ1v) is 8.16. The van der Waals surface area contributed by atoms with E-state index in [1.807, 2.05) is 12.1 Å². The maximum Gasteiger partial charge on any atom is 0.141 e. The van der Waals surface area contributed by atoms with Crippen molar-refractivity contribution in [1.82, 2.24) is 10.6 Å². The lowest BCUT2D eigenvalue weighted by Gasteiger charge is -2.46. The molecule has 124 valence electrons. The largest absolute Gasteiger partial charge is 0.495 e. The molecule has 0 spiro atoms. The fourth-order valence-corrected chi connectivity index (χ4v) is 3.83. The number of hydrogen-bond acceptors (Lipinski definition) is 4. The summed E-state index contributed by atoms with van der Waals surface area (Å²) in [5.74, 6) is 0.749. The highest BCUT2D eigenvalue weighted by Gasteiger charge is 2.37. The molecule has 0 radical (unpaired) electrons. The number of hydrogen-bond donors (Lipinski definition) is 3. The minimum Gasteiger partial charge on any atom is -0.495 e. The SMILES string of the molecule is COc1ccc(CCNC2CC(C)(C)NC(C)(C)C2)cc1N. The molecule has 0 aromatic heterocycles. The lowest BCUT2D eigenvalue weighted by molar-refractivity contribution is 0.147. The molecule has 4 N–H and O–H groups in total. The molecule has 1 fully saturated rings. The van der Waals surface area contributed by atoms with Crippen LogP contribution in [0.3, 0.4) is 0 Å². The van der Waals surface area contributed by atoms with Crippen LogP contribution in [0, 0.1) is 0 Å². The molecule has 22 heavy (non-hydrogen) atoms. The smallest absolute Gasteiger partial charge is 0.141 e. The summed E-state index contributed by atoms with van der Waals surface area (Å²) in [6, 6.07) is 6.60. The van der Waals surface area contributed by atoms with Gasteiger partial charge in [-0.15, -0.1) is 0 Å². The third-order valence-electron chi connectivity index (χ3n) is 4.33. The molecular weight excluding hydrogens is 274 g/mol. The predicted octanol–water partition coefficient (Wildman–Crippen LogP) is 2.72. The zero-order valence-electron chi connectivity index (χ0n) is 14.6. The van der Waals surface area contributed by atoms with Crippen LogP contribution in [-0.2, 0) is 6.42 Å². The Morgan fingerprint density at radius 2 is 1.86 bits per heavy atom. The average Bonchev–Trinajstić information content (AvgIpc) is 2.35. The number of nitrogen functional groups attached to an aromatic ring is 1. The monoisotopic (exact) mass is 305 g/mol. The standard InChI is InChI=1S/C18H31N3O/c1-17(2)11-14(12-18(3,4)21-17)20-9-8-13-6-7-16(22-5)15(19)10-13/h6-7,10,14,20-21H,8-9,11-12,19H2,1-5H3. The van der Waals surface area contributed by atoms with Crippen molar-refractivity contribution < 1.29 is 4.74 Å². The van der Waals surface area contributed by atoms with Gasteiger partial charge in [0.2, 0.25) is 0 Å². The Morgan fingerprint density at radius 1 is 1.23 bits per heavy atom. The third kappa shape index (κ3) is 4.62. The van der Waals surface area contributed by atoms with Crippen molar-refractivity contribution in [2.75, 3.05) is 19.4 Å². The molecule has 2 rings (SSSR count). The number of ether oxygens (including phenoxy) is 1. The van der Waals surface area contributed by atoms with Crippen LogP contribution in [0.25, 0.3) is 0 Å². The van der Waals surface area contributed by atoms with Gasteiger partial charge in [0.1, 0.15) is 5.75 Å². The average molecular weight is 305 g/mol. The highest BCUT2D eigenvalue weighted by Crippen LogP contribution is 2.28. The Bertz CT molecular complexity index is 495. The molecule has 1 aliphatic heterocycles. The van der Waals surface area contributed by atoms with Gasteiger partial charge in [0.25, 0.3) is 0 Å². The molecule has 1 saturated heterocycles. The van der Waals surface area contributed by atoms with E-state index in [4.69, 9.17) is 10.5 Å². The molecular formula is C18H31N3O. The van der Waals surface area contributed by atoms with Crippen molar-refractivity contribution in [3.05, 3.63) is 23.8 Å². The van der Waals surface area contributed by atoms with Crippen LogP contribution in [0.2, 0.25) is 0 Å². The minimum atomic E-state index is 0.184. The van der Waals surface area contributed by atoms with E-state index < -0.39 is 0 Å². The van der Waals surface area contributed by atoms with Crippen molar-refractivity contribution >= 4 is 5.69 Å². The molecule has 1 aromatic rings. The molecule has 0 unspecified atom stereocenters. The van der Waals surface area contributed by atoms with Gasteiger partial charge in [-0.25, -0.2) is 0 Å². The first-order valence-electron chi connectivity index (χ1n) is 8.16. The number of anilines is 1. The van der Waals surface area contributed by atoms with Crippen LogP contribution >= 0.6 is 0 Å². The summed E-state index contributed by atoms with van der Waals surface area (Å²) in [5, 5.41) is 7.44. The first kappa shape index (κ1) is 17.1.